The van der Waals surface area contributed by atoms with Crippen molar-refractivity contribution in [3.05, 3.63) is 17.0 Å². The number of carboxylic acid groups (broad SMARTS) is 1. The van der Waals surface area contributed by atoms with Crippen LogP contribution in [-0.2, 0) is 18.4 Å². The molecule has 0 spiro atoms. The average Bonchev–Trinajstić information content (AvgIpc) is 2.91. The van der Waals surface area contributed by atoms with Crippen LogP contribution in [0.5, 0.6) is 0 Å². The molecule has 2 rings (SSSR count). The maximum atomic E-state index is 12.2. The second kappa shape index (κ2) is 5.38. The molecular formula is C14H22N4O3. The Kier molecular flexibility index (Phi) is 3.93. The Morgan fingerprint density at radius 2 is 2.10 bits per heavy atom. The van der Waals surface area contributed by atoms with Crippen LogP contribution in [0.4, 0.5) is 4.79 Å². The first kappa shape index (κ1) is 15.3. The van der Waals surface area contributed by atoms with Gasteiger partial charge in [0.15, 0.2) is 0 Å². The average molecular weight is 294 g/mol. The molecule has 2 N–H and O–H groups in total. The van der Waals surface area contributed by atoms with Crippen molar-refractivity contribution in [1.29, 1.82) is 0 Å². The minimum Gasteiger partial charge on any atom is -0.481 e. The maximum absolute atomic E-state index is 12.2. The Hall–Kier alpha value is -2.05. The molecule has 1 aromatic rings. The fourth-order valence-electron chi connectivity index (χ4n) is 2.66. The molecule has 2 amide bonds. The van der Waals surface area contributed by atoms with Crippen LogP contribution in [0.3, 0.4) is 0 Å². The molecule has 1 aliphatic heterocycles. The summed E-state index contributed by atoms with van der Waals surface area (Å²) in [7, 11) is 1.87. The molecule has 1 fully saturated rings. The summed E-state index contributed by atoms with van der Waals surface area (Å²) in [4.78, 5) is 24.9. The van der Waals surface area contributed by atoms with Crippen LogP contribution in [0.15, 0.2) is 0 Å². The van der Waals surface area contributed by atoms with Crippen molar-refractivity contribution in [3.8, 4) is 0 Å². The van der Waals surface area contributed by atoms with Crippen molar-refractivity contribution in [1.82, 2.24) is 20.0 Å². The number of carbonyl (C=O) groups is 2. The molecule has 1 aromatic heterocycles. The summed E-state index contributed by atoms with van der Waals surface area (Å²) in [5, 5.41) is 16.3. The Bertz CT molecular complexity index is 581. The van der Waals surface area contributed by atoms with Crippen LogP contribution in [0.2, 0.25) is 0 Å². The van der Waals surface area contributed by atoms with Crippen molar-refractivity contribution >= 4 is 12.0 Å². The zero-order valence-electron chi connectivity index (χ0n) is 12.9. The minimum absolute atomic E-state index is 0.220. The lowest BCUT2D eigenvalue weighted by atomic mass is 9.90. The number of amides is 2. The van der Waals surface area contributed by atoms with Gasteiger partial charge in [0.25, 0.3) is 0 Å². The van der Waals surface area contributed by atoms with E-state index < -0.39 is 11.4 Å². The lowest BCUT2D eigenvalue weighted by Crippen LogP contribution is -2.40. The predicted octanol–water partition coefficient (Wildman–Crippen LogP) is 1.04. The molecule has 0 bridgehead atoms. The first-order valence-electron chi connectivity index (χ1n) is 7.00. The van der Waals surface area contributed by atoms with Gasteiger partial charge in [0.1, 0.15) is 0 Å². The summed E-state index contributed by atoms with van der Waals surface area (Å²) >= 11 is 0. The fraction of sp³-hybridized carbons (Fsp3) is 0.643. The molecule has 7 nitrogen and oxygen atoms in total. The number of nitrogens with zero attached hydrogens (tertiary/aromatic N) is 3. The molecule has 1 atom stereocenters. The highest BCUT2D eigenvalue weighted by atomic mass is 16.4. The fourth-order valence-corrected chi connectivity index (χ4v) is 2.66. The van der Waals surface area contributed by atoms with Gasteiger partial charge in [0, 0.05) is 37.9 Å². The van der Waals surface area contributed by atoms with Gasteiger partial charge in [-0.05, 0) is 27.2 Å². The molecule has 0 radical (unpaired) electrons. The number of aryl methyl sites for hydroxylation is 2. The highest BCUT2D eigenvalue weighted by Gasteiger charge is 2.42. The molecule has 7 heteroatoms. The summed E-state index contributed by atoms with van der Waals surface area (Å²) in [6.07, 6.45) is 0.487. The summed E-state index contributed by atoms with van der Waals surface area (Å²) in [5.74, 6) is -0.850. The van der Waals surface area contributed by atoms with Crippen molar-refractivity contribution in [2.24, 2.45) is 12.5 Å². The molecule has 0 aromatic carbocycles. The van der Waals surface area contributed by atoms with Gasteiger partial charge in [0.05, 0.1) is 11.1 Å². The molecule has 21 heavy (non-hydrogen) atoms. The third-order valence-electron chi connectivity index (χ3n) is 4.35. The Morgan fingerprint density at radius 3 is 2.57 bits per heavy atom. The number of hydrogen-bond donors (Lipinski definition) is 2. The second-order valence-electron chi connectivity index (χ2n) is 5.97. The van der Waals surface area contributed by atoms with Gasteiger partial charge in [-0.3, -0.25) is 9.48 Å². The van der Waals surface area contributed by atoms with Gasteiger partial charge in [0.2, 0.25) is 0 Å². The van der Waals surface area contributed by atoms with E-state index in [1.54, 1.807) is 16.5 Å². The van der Waals surface area contributed by atoms with Gasteiger partial charge in [-0.15, -0.1) is 0 Å². The maximum Gasteiger partial charge on any atom is 0.317 e. The molecule has 2 heterocycles. The minimum atomic E-state index is -0.850. The second-order valence-corrected chi connectivity index (χ2v) is 5.97. The number of urea groups is 1. The van der Waals surface area contributed by atoms with Gasteiger partial charge in [-0.1, -0.05) is 0 Å². The van der Waals surface area contributed by atoms with Crippen LogP contribution in [0, 0.1) is 19.3 Å². The Balaban J connectivity index is 1.96. The number of carboxylic acids is 1. The number of nitrogens with one attached hydrogen (secondary N) is 1. The van der Waals surface area contributed by atoms with E-state index >= 15 is 0 Å². The summed E-state index contributed by atoms with van der Waals surface area (Å²) in [6.45, 7) is 6.67. The normalized spacial score (nSPS) is 21.6. The van der Waals surface area contributed by atoms with E-state index in [4.69, 9.17) is 0 Å². The van der Waals surface area contributed by atoms with E-state index in [2.05, 4.69) is 10.4 Å². The molecule has 1 aliphatic rings. The standard InChI is InChI=1S/C14H22N4O3/c1-9-11(10(2)17(4)16-9)7-15-13(21)18-6-5-14(3,8-18)12(19)20/h5-8H2,1-4H3,(H,15,21)(H,19,20). The number of rotatable bonds is 3. The van der Waals surface area contributed by atoms with E-state index in [0.717, 1.165) is 17.0 Å². The molecular weight excluding hydrogens is 272 g/mol. The van der Waals surface area contributed by atoms with E-state index in [1.165, 1.54) is 0 Å². The van der Waals surface area contributed by atoms with Crippen molar-refractivity contribution in [3.63, 3.8) is 0 Å². The van der Waals surface area contributed by atoms with Crippen molar-refractivity contribution in [2.75, 3.05) is 13.1 Å². The van der Waals surface area contributed by atoms with E-state index in [-0.39, 0.29) is 12.6 Å². The number of aliphatic carboxylic acids is 1. The lowest BCUT2D eigenvalue weighted by Gasteiger charge is -2.20. The topological polar surface area (TPSA) is 87.5 Å². The van der Waals surface area contributed by atoms with Crippen molar-refractivity contribution in [2.45, 2.75) is 33.7 Å². The van der Waals surface area contributed by atoms with Crippen LogP contribution >= 0.6 is 0 Å². The Morgan fingerprint density at radius 1 is 1.43 bits per heavy atom. The number of carbonyl (C=O) groups excluding carboxylic acids is 1. The monoisotopic (exact) mass is 294 g/mol. The predicted molar refractivity (Wildman–Crippen MR) is 76.9 cm³/mol. The summed E-state index contributed by atoms with van der Waals surface area (Å²) in [6, 6.07) is -0.220. The zero-order chi connectivity index (χ0) is 15.8. The molecule has 1 saturated heterocycles. The lowest BCUT2D eigenvalue weighted by molar-refractivity contribution is -0.146. The number of likely N-dealkylation sites (tertiary alicyclic amines) is 1. The third-order valence-corrected chi connectivity index (χ3v) is 4.35. The Labute approximate surface area is 123 Å². The summed E-state index contributed by atoms with van der Waals surface area (Å²) < 4.78 is 1.79. The molecule has 116 valence electrons. The highest BCUT2D eigenvalue weighted by Crippen LogP contribution is 2.30. The van der Waals surface area contributed by atoms with Crippen LogP contribution in [0.1, 0.15) is 30.3 Å². The summed E-state index contributed by atoms with van der Waals surface area (Å²) in [5.41, 5.74) is 2.08. The van der Waals surface area contributed by atoms with E-state index in [9.17, 15) is 14.7 Å². The smallest absolute Gasteiger partial charge is 0.317 e. The quantitative estimate of drug-likeness (QED) is 0.872. The number of hydrogen-bond acceptors (Lipinski definition) is 3. The first-order chi connectivity index (χ1) is 9.74. The molecule has 0 saturated carbocycles. The highest BCUT2D eigenvalue weighted by molar-refractivity contribution is 5.79. The number of aromatic nitrogens is 2. The zero-order valence-corrected chi connectivity index (χ0v) is 12.9. The largest absolute Gasteiger partial charge is 0.481 e. The van der Waals surface area contributed by atoms with Gasteiger partial charge in [-0.2, -0.15) is 5.10 Å². The van der Waals surface area contributed by atoms with Gasteiger partial charge >= 0.3 is 12.0 Å². The SMILES string of the molecule is Cc1nn(C)c(C)c1CNC(=O)N1CCC(C)(C(=O)O)C1. The van der Waals surface area contributed by atoms with Gasteiger partial charge < -0.3 is 15.3 Å². The first-order valence-corrected chi connectivity index (χ1v) is 7.00. The molecule has 1 unspecified atom stereocenters. The van der Waals surface area contributed by atoms with E-state index in [1.807, 2.05) is 20.9 Å². The van der Waals surface area contributed by atoms with Crippen molar-refractivity contribution < 1.29 is 14.7 Å². The van der Waals surface area contributed by atoms with Crippen LogP contribution < -0.4 is 5.32 Å². The van der Waals surface area contributed by atoms with E-state index in [0.29, 0.717) is 19.5 Å². The van der Waals surface area contributed by atoms with Gasteiger partial charge in [-0.25, -0.2) is 4.79 Å². The third kappa shape index (κ3) is 2.86. The van der Waals surface area contributed by atoms with Crippen LogP contribution in [-0.4, -0.2) is 44.9 Å². The molecule has 0 aliphatic carbocycles. The van der Waals surface area contributed by atoms with Crippen LogP contribution in [0.25, 0.3) is 0 Å².